The van der Waals surface area contributed by atoms with E-state index < -0.39 is 17.7 Å². The third-order valence-corrected chi connectivity index (χ3v) is 5.47. The number of oxazole rings is 1. The van der Waals surface area contributed by atoms with Gasteiger partial charge in [0.05, 0.1) is 5.52 Å². The Bertz CT molecular complexity index is 1240. The number of amides is 1. The molecular formula is C24H25F3N2O5. The van der Waals surface area contributed by atoms with Gasteiger partial charge >= 0.3 is 18.2 Å². The minimum Gasteiger partial charge on any atom is -0.444 e. The fraction of sp³-hybridized carbons (Fsp3) is 0.417. The van der Waals surface area contributed by atoms with Crippen molar-refractivity contribution in [1.29, 1.82) is 0 Å². The quantitative estimate of drug-likeness (QED) is 0.501. The molecule has 1 fully saturated rings. The monoisotopic (exact) mass is 478 g/mol. The van der Waals surface area contributed by atoms with Crippen LogP contribution in [0, 0.1) is 5.92 Å². The standard InChI is InChI=1S/C24H25F3N2O5/c1-23(2,3)34-21(30)28-11-10-15(13-28)14-29-19-12-17(6-9-20(19)32-22(29)31)16-4-7-18(8-5-16)33-24(25,26)27/h4-9,12,15H,10-11,13-14H2,1-3H3/t15-/m1/s1. The summed E-state index contributed by atoms with van der Waals surface area (Å²) in [7, 11) is 0. The van der Waals surface area contributed by atoms with Crippen molar-refractivity contribution in [2.45, 2.75) is 45.7 Å². The molecule has 0 radical (unpaired) electrons. The Balaban J connectivity index is 1.52. The highest BCUT2D eigenvalue weighted by molar-refractivity contribution is 5.80. The zero-order valence-corrected chi connectivity index (χ0v) is 19.0. The van der Waals surface area contributed by atoms with Crippen LogP contribution in [0.15, 0.2) is 51.7 Å². The van der Waals surface area contributed by atoms with E-state index in [1.807, 2.05) is 20.8 Å². The van der Waals surface area contributed by atoms with Gasteiger partial charge in [0.15, 0.2) is 5.58 Å². The minimum absolute atomic E-state index is 0.0495. The minimum atomic E-state index is -4.76. The number of rotatable bonds is 4. The third-order valence-electron chi connectivity index (χ3n) is 5.47. The van der Waals surface area contributed by atoms with Crippen molar-refractivity contribution < 1.29 is 31.9 Å². The molecule has 182 valence electrons. The van der Waals surface area contributed by atoms with Crippen LogP contribution in [0.4, 0.5) is 18.0 Å². The van der Waals surface area contributed by atoms with Gasteiger partial charge in [-0.05, 0) is 68.5 Å². The molecule has 1 atom stereocenters. The number of hydrogen-bond acceptors (Lipinski definition) is 5. The summed E-state index contributed by atoms with van der Waals surface area (Å²) in [6.45, 7) is 6.81. The lowest BCUT2D eigenvalue weighted by molar-refractivity contribution is -0.274. The van der Waals surface area contributed by atoms with E-state index in [-0.39, 0.29) is 17.8 Å². The largest absolute Gasteiger partial charge is 0.573 e. The Kier molecular flexibility index (Phi) is 6.09. The lowest BCUT2D eigenvalue weighted by Gasteiger charge is -2.24. The number of ether oxygens (including phenoxy) is 2. The van der Waals surface area contributed by atoms with Crippen LogP contribution in [-0.4, -0.2) is 40.6 Å². The first-order valence-electron chi connectivity index (χ1n) is 10.9. The van der Waals surface area contributed by atoms with Crippen LogP contribution in [-0.2, 0) is 11.3 Å². The third kappa shape index (κ3) is 5.55. The van der Waals surface area contributed by atoms with Crippen molar-refractivity contribution in [3.63, 3.8) is 0 Å². The van der Waals surface area contributed by atoms with E-state index >= 15 is 0 Å². The molecular weight excluding hydrogens is 453 g/mol. The van der Waals surface area contributed by atoms with E-state index in [0.717, 1.165) is 6.42 Å². The second-order valence-corrected chi connectivity index (χ2v) is 9.31. The van der Waals surface area contributed by atoms with E-state index in [9.17, 15) is 22.8 Å². The fourth-order valence-electron chi connectivity index (χ4n) is 4.00. The molecule has 0 bridgehead atoms. The Morgan fingerprint density at radius 1 is 1.09 bits per heavy atom. The first kappa shape index (κ1) is 23.7. The Morgan fingerprint density at radius 2 is 1.76 bits per heavy atom. The predicted molar refractivity (Wildman–Crippen MR) is 119 cm³/mol. The second-order valence-electron chi connectivity index (χ2n) is 9.31. The molecule has 1 saturated heterocycles. The number of carbonyl (C=O) groups excluding carboxylic acids is 1. The summed E-state index contributed by atoms with van der Waals surface area (Å²) in [6, 6.07) is 10.7. The molecule has 34 heavy (non-hydrogen) atoms. The smallest absolute Gasteiger partial charge is 0.444 e. The number of carbonyl (C=O) groups is 1. The molecule has 10 heteroatoms. The molecule has 0 N–H and O–H groups in total. The molecule has 1 aliphatic rings. The fourth-order valence-corrected chi connectivity index (χ4v) is 4.00. The van der Waals surface area contributed by atoms with E-state index in [2.05, 4.69) is 4.74 Å². The molecule has 2 heterocycles. The SMILES string of the molecule is CC(C)(C)OC(=O)N1CC[C@@H](Cn2c(=O)oc3ccc(-c4ccc(OC(F)(F)F)cc4)cc32)C1. The molecule has 0 unspecified atom stereocenters. The highest BCUT2D eigenvalue weighted by Gasteiger charge is 2.32. The highest BCUT2D eigenvalue weighted by Crippen LogP contribution is 2.29. The molecule has 1 aliphatic heterocycles. The zero-order chi connectivity index (χ0) is 24.7. The van der Waals surface area contributed by atoms with Crippen LogP contribution < -0.4 is 10.5 Å². The first-order chi connectivity index (χ1) is 15.9. The van der Waals surface area contributed by atoms with Crippen LogP contribution in [0.5, 0.6) is 5.75 Å². The van der Waals surface area contributed by atoms with Gasteiger partial charge in [-0.3, -0.25) is 4.57 Å². The van der Waals surface area contributed by atoms with Crippen molar-refractivity contribution in [1.82, 2.24) is 9.47 Å². The number of halogens is 3. The van der Waals surface area contributed by atoms with Crippen LogP contribution in [0.2, 0.25) is 0 Å². The molecule has 4 rings (SSSR count). The molecule has 0 aliphatic carbocycles. The van der Waals surface area contributed by atoms with E-state index in [4.69, 9.17) is 9.15 Å². The van der Waals surface area contributed by atoms with Crippen molar-refractivity contribution in [3.05, 3.63) is 53.0 Å². The Labute approximate surface area is 193 Å². The second kappa shape index (κ2) is 8.73. The van der Waals surface area contributed by atoms with Gasteiger partial charge in [0, 0.05) is 19.6 Å². The van der Waals surface area contributed by atoms with Gasteiger partial charge in [-0.1, -0.05) is 18.2 Å². The number of aromatic nitrogens is 1. The topological polar surface area (TPSA) is 73.9 Å². The summed E-state index contributed by atoms with van der Waals surface area (Å²) >= 11 is 0. The molecule has 1 aromatic heterocycles. The molecule has 0 saturated carbocycles. The van der Waals surface area contributed by atoms with Gasteiger partial charge in [0.1, 0.15) is 11.4 Å². The highest BCUT2D eigenvalue weighted by atomic mass is 19.4. The summed E-state index contributed by atoms with van der Waals surface area (Å²) in [6.07, 6.45) is -4.41. The summed E-state index contributed by atoms with van der Waals surface area (Å²) in [4.78, 5) is 26.5. The van der Waals surface area contributed by atoms with Gasteiger partial charge in [-0.2, -0.15) is 0 Å². The van der Waals surface area contributed by atoms with E-state index in [1.165, 1.54) is 28.8 Å². The summed E-state index contributed by atoms with van der Waals surface area (Å²) in [5, 5.41) is 0. The van der Waals surface area contributed by atoms with Gasteiger partial charge in [0.25, 0.3) is 0 Å². The molecule has 2 aromatic carbocycles. The van der Waals surface area contributed by atoms with Gasteiger partial charge in [-0.25, -0.2) is 9.59 Å². The number of fused-ring (bicyclic) bond motifs is 1. The van der Waals surface area contributed by atoms with Crippen LogP contribution in [0.1, 0.15) is 27.2 Å². The van der Waals surface area contributed by atoms with Crippen LogP contribution in [0.25, 0.3) is 22.2 Å². The van der Waals surface area contributed by atoms with Crippen molar-refractivity contribution >= 4 is 17.2 Å². The lowest BCUT2D eigenvalue weighted by atomic mass is 10.0. The molecule has 0 spiro atoms. The predicted octanol–water partition coefficient (Wildman–Crippen LogP) is 5.42. The van der Waals surface area contributed by atoms with E-state index in [1.54, 1.807) is 23.1 Å². The van der Waals surface area contributed by atoms with Gasteiger partial charge in [0.2, 0.25) is 0 Å². The van der Waals surface area contributed by atoms with Gasteiger partial charge < -0.3 is 18.8 Å². The summed E-state index contributed by atoms with van der Waals surface area (Å²) < 4.78 is 53.4. The average Bonchev–Trinajstić information content (AvgIpc) is 3.31. The van der Waals surface area contributed by atoms with Crippen LogP contribution in [0.3, 0.4) is 0 Å². The number of hydrogen-bond donors (Lipinski definition) is 0. The number of benzene rings is 2. The van der Waals surface area contributed by atoms with Crippen molar-refractivity contribution in [2.24, 2.45) is 5.92 Å². The summed E-state index contributed by atoms with van der Waals surface area (Å²) in [5.41, 5.74) is 1.78. The normalized spacial score (nSPS) is 16.8. The maximum Gasteiger partial charge on any atom is 0.573 e. The molecule has 1 amide bonds. The maximum atomic E-state index is 12.5. The zero-order valence-electron chi connectivity index (χ0n) is 19.0. The lowest BCUT2D eigenvalue weighted by Crippen LogP contribution is -2.35. The Hall–Kier alpha value is -3.43. The number of likely N-dealkylation sites (tertiary alicyclic amines) is 1. The number of alkyl halides is 3. The van der Waals surface area contributed by atoms with Gasteiger partial charge in [-0.15, -0.1) is 13.2 Å². The number of nitrogens with zero attached hydrogens (tertiary/aromatic N) is 2. The first-order valence-corrected chi connectivity index (χ1v) is 10.9. The van der Waals surface area contributed by atoms with Crippen molar-refractivity contribution in [2.75, 3.05) is 13.1 Å². The Morgan fingerprint density at radius 3 is 2.41 bits per heavy atom. The van der Waals surface area contributed by atoms with Crippen LogP contribution >= 0.6 is 0 Å². The average molecular weight is 478 g/mol. The van der Waals surface area contributed by atoms with E-state index in [0.29, 0.717) is 41.9 Å². The van der Waals surface area contributed by atoms with Crippen molar-refractivity contribution in [3.8, 4) is 16.9 Å². The molecule has 7 nitrogen and oxygen atoms in total. The molecule has 3 aromatic rings. The summed E-state index contributed by atoms with van der Waals surface area (Å²) in [5.74, 6) is -0.765. The maximum absolute atomic E-state index is 12.5.